The van der Waals surface area contributed by atoms with Gasteiger partial charge in [0.2, 0.25) is 0 Å². The van der Waals surface area contributed by atoms with Gasteiger partial charge in [0.15, 0.2) is 0 Å². The number of carboxylic acid groups (broad SMARTS) is 2. The molecule has 16 heteroatoms. The van der Waals surface area contributed by atoms with Crippen LogP contribution in [0.5, 0.6) is 0 Å². The summed E-state index contributed by atoms with van der Waals surface area (Å²) in [7, 11) is 2.21. The van der Waals surface area contributed by atoms with Gasteiger partial charge in [-0.3, -0.25) is 4.90 Å². The van der Waals surface area contributed by atoms with Crippen molar-refractivity contribution in [3.8, 4) is 0 Å². The highest BCUT2D eigenvalue weighted by molar-refractivity contribution is 5.73. The van der Waals surface area contributed by atoms with Crippen molar-refractivity contribution in [2.75, 3.05) is 46.5 Å². The number of ether oxygens (including phenoxy) is 2. The molecular weight excluding hydrogens is 544 g/mol. The van der Waals surface area contributed by atoms with Gasteiger partial charge >= 0.3 is 24.3 Å². The number of aliphatic carboxylic acids is 2. The van der Waals surface area contributed by atoms with Gasteiger partial charge in [0, 0.05) is 37.2 Å². The molecular formula is C23H33F6N3O7. The Labute approximate surface area is 220 Å². The maximum Gasteiger partial charge on any atom is 0.490 e. The van der Waals surface area contributed by atoms with Crippen molar-refractivity contribution in [3.63, 3.8) is 0 Å². The fraction of sp³-hybridized carbons (Fsp3) is 0.783. The van der Waals surface area contributed by atoms with Crippen molar-refractivity contribution in [1.82, 2.24) is 15.0 Å². The number of carbonyl (C=O) groups is 2. The molecule has 0 aliphatic carbocycles. The molecule has 4 heterocycles. The van der Waals surface area contributed by atoms with E-state index in [0.717, 1.165) is 44.4 Å². The van der Waals surface area contributed by atoms with Crippen LogP contribution in [-0.4, -0.2) is 108 Å². The lowest BCUT2D eigenvalue weighted by atomic mass is 9.97. The lowest BCUT2D eigenvalue weighted by Crippen LogP contribution is -2.34. The van der Waals surface area contributed by atoms with E-state index in [4.69, 9.17) is 33.8 Å². The summed E-state index contributed by atoms with van der Waals surface area (Å²) in [6.45, 7) is 10.9. The minimum absolute atomic E-state index is 0.299. The van der Waals surface area contributed by atoms with E-state index in [0.29, 0.717) is 24.0 Å². The van der Waals surface area contributed by atoms with Gasteiger partial charge in [-0.25, -0.2) is 9.59 Å². The van der Waals surface area contributed by atoms with Gasteiger partial charge < -0.3 is 29.1 Å². The molecule has 2 N–H and O–H groups in total. The third kappa shape index (κ3) is 9.92. The lowest BCUT2D eigenvalue weighted by molar-refractivity contribution is -0.193. The summed E-state index contributed by atoms with van der Waals surface area (Å²) in [6.07, 6.45) is -7.35. The number of aryl methyl sites for hydroxylation is 2. The van der Waals surface area contributed by atoms with Crippen molar-refractivity contribution < 1.29 is 60.1 Å². The molecule has 3 fully saturated rings. The number of likely N-dealkylation sites (tertiary alicyclic amines) is 2. The predicted molar refractivity (Wildman–Crippen MR) is 122 cm³/mol. The van der Waals surface area contributed by atoms with Crippen LogP contribution in [0.4, 0.5) is 26.3 Å². The smallest absolute Gasteiger partial charge is 0.475 e. The zero-order valence-corrected chi connectivity index (χ0v) is 21.7. The van der Waals surface area contributed by atoms with Crippen LogP contribution < -0.4 is 0 Å². The van der Waals surface area contributed by atoms with Crippen molar-refractivity contribution in [2.45, 2.75) is 57.7 Å². The minimum atomic E-state index is -5.08. The first-order valence-electron chi connectivity index (χ1n) is 12.1. The number of hydrogen-bond acceptors (Lipinski definition) is 8. The third-order valence-electron chi connectivity index (χ3n) is 6.87. The second kappa shape index (κ2) is 13.8. The van der Waals surface area contributed by atoms with Crippen LogP contribution in [0.1, 0.15) is 29.9 Å². The van der Waals surface area contributed by atoms with Crippen LogP contribution in [-0.2, 0) is 25.6 Å². The van der Waals surface area contributed by atoms with Gasteiger partial charge in [0.25, 0.3) is 0 Å². The normalized spacial score (nSPS) is 24.4. The number of rotatable bonds is 5. The average Bonchev–Trinajstić information content (AvgIpc) is 3.52. The van der Waals surface area contributed by atoms with Crippen molar-refractivity contribution in [1.29, 1.82) is 0 Å². The Kier molecular flexibility index (Phi) is 11.6. The van der Waals surface area contributed by atoms with Crippen LogP contribution >= 0.6 is 0 Å². The summed E-state index contributed by atoms with van der Waals surface area (Å²) >= 11 is 0. The molecule has 3 aliphatic heterocycles. The van der Waals surface area contributed by atoms with E-state index in [1.807, 2.05) is 13.8 Å². The number of piperidine rings is 1. The van der Waals surface area contributed by atoms with E-state index in [9.17, 15) is 26.3 Å². The summed E-state index contributed by atoms with van der Waals surface area (Å²) in [6, 6.07) is 0.469. The molecule has 39 heavy (non-hydrogen) atoms. The molecule has 0 saturated carbocycles. The van der Waals surface area contributed by atoms with Crippen LogP contribution in [0, 0.1) is 25.7 Å². The number of nitrogens with zero attached hydrogens (tertiary/aromatic N) is 3. The monoisotopic (exact) mass is 577 g/mol. The van der Waals surface area contributed by atoms with Gasteiger partial charge in [-0.1, -0.05) is 5.16 Å². The van der Waals surface area contributed by atoms with Crippen molar-refractivity contribution in [2.24, 2.45) is 11.8 Å². The Morgan fingerprint density at radius 3 is 2.03 bits per heavy atom. The highest BCUT2D eigenvalue weighted by atomic mass is 19.4. The highest BCUT2D eigenvalue weighted by Crippen LogP contribution is 2.34. The van der Waals surface area contributed by atoms with E-state index >= 15 is 0 Å². The Morgan fingerprint density at radius 2 is 1.56 bits per heavy atom. The third-order valence-corrected chi connectivity index (χ3v) is 6.87. The molecule has 0 amide bonds. The van der Waals surface area contributed by atoms with Gasteiger partial charge in [-0.15, -0.1) is 0 Å². The fourth-order valence-corrected chi connectivity index (χ4v) is 4.57. The number of halogens is 6. The molecule has 3 saturated heterocycles. The molecule has 0 bridgehead atoms. The predicted octanol–water partition coefficient (Wildman–Crippen LogP) is 3.12. The summed E-state index contributed by atoms with van der Waals surface area (Å²) in [5.74, 6) is -3.36. The molecule has 1 aromatic heterocycles. The number of aromatic nitrogens is 1. The summed E-state index contributed by atoms with van der Waals surface area (Å²) < 4.78 is 81.0. The summed E-state index contributed by atoms with van der Waals surface area (Å²) in [5, 5.41) is 18.3. The van der Waals surface area contributed by atoms with E-state index in [2.05, 4.69) is 22.0 Å². The van der Waals surface area contributed by atoms with Gasteiger partial charge in [-0.2, -0.15) is 26.3 Å². The highest BCUT2D eigenvalue weighted by Gasteiger charge is 2.46. The molecule has 0 radical (unpaired) electrons. The summed E-state index contributed by atoms with van der Waals surface area (Å²) in [5.41, 5.74) is 2.23. The SMILES string of the molecule is Cc1noc(C)c1CN1C[C@H](OCC2CCN(C)CC2)[C@H]2COC[C@H]21.O=C(O)C(F)(F)F.O=C(O)C(F)(F)F. The Bertz CT molecular complexity index is 904. The molecule has 224 valence electrons. The number of hydrogen-bond donors (Lipinski definition) is 2. The first-order chi connectivity index (χ1) is 18.0. The molecule has 0 aromatic carbocycles. The number of carboxylic acids is 2. The Hall–Kier alpha value is -2.43. The topological polar surface area (TPSA) is 126 Å². The van der Waals surface area contributed by atoms with Crippen LogP contribution in [0.15, 0.2) is 4.52 Å². The van der Waals surface area contributed by atoms with Gasteiger partial charge in [0.1, 0.15) is 5.76 Å². The summed E-state index contributed by atoms with van der Waals surface area (Å²) in [4.78, 5) is 22.7. The molecule has 3 atom stereocenters. The van der Waals surface area contributed by atoms with Crippen molar-refractivity contribution >= 4 is 11.9 Å². The second-order valence-electron chi connectivity index (χ2n) is 9.73. The van der Waals surface area contributed by atoms with Crippen LogP contribution in [0.3, 0.4) is 0 Å². The fourth-order valence-electron chi connectivity index (χ4n) is 4.57. The number of fused-ring (bicyclic) bond motifs is 1. The maximum absolute atomic E-state index is 10.6. The zero-order chi connectivity index (χ0) is 29.5. The van der Waals surface area contributed by atoms with E-state index in [1.54, 1.807) is 0 Å². The Morgan fingerprint density at radius 1 is 1.03 bits per heavy atom. The first kappa shape index (κ1) is 32.8. The van der Waals surface area contributed by atoms with Gasteiger partial charge in [0.05, 0.1) is 25.0 Å². The van der Waals surface area contributed by atoms with Crippen molar-refractivity contribution in [3.05, 3.63) is 17.0 Å². The average molecular weight is 578 g/mol. The first-order valence-corrected chi connectivity index (χ1v) is 12.1. The van der Waals surface area contributed by atoms with E-state index in [-0.39, 0.29) is 0 Å². The molecule has 0 unspecified atom stereocenters. The minimum Gasteiger partial charge on any atom is -0.475 e. The number of alkyl halides is 6. The standard InChI is InChI=1S/C19H31N3O3.2C2HF3O2/c1-13-16(14(2)25-20-13)8-22-9-19(17-11-23-12-18(17)22)24-10-15-4-6-21(3)7-5-15;2*3-2(4,5)1(6)7/h15,17-19H,4-12H2,1-3H3;2*(H,6,7)/t17-,18+,19-;;/m0../s1. The van der Waals surface area contributed by atoms with Crippen LogP contribution in [0.25, 0.3) is 0 Å². The molecule has 3 aliphatic rings. The molecule has 10 nitrogen and oxygen atoms in total. The zero-order valence-electron chi connectivity index (χ0n) is 21.7. The lowest BCUT2D eigenvalue weighted by Gasteiger charge is -2.30. The molecule has 0 spiro atoms. The second-order valence-corrected chi connectivity index (χ2v) is 9.73. The molecule has 4 rings (SSSR count). The van der Waals surface area contributed by atoms with E-state index < -0.39 is 24.3 Å². The van der Waals surface area contributed by atoms with Gasteiger partial charge in [-0.05, 0) is 52.7 Å². The largest absolute Gasteiger partial charge is 0.490 e. The van der Waals surface area contributed by atoms with Crippen LogP contribution in [0.2, 0.25) is 0 Å². The molecule has 1 aromatic rings. The Balaban J connectivity index is 0.000000317. The van der Waals surface area contributed by atoms with E-state index in [1.165, 1.54) is 31.5 Å². The quantitative estimate of drug-likeness (QED) is 0.505. The maximum atomic E-state index is 10.6.